The fourth-order valence-corrected chi connectivity index (χ4v) is 2.03. The summed E-state index contributed by atoms with van der Waals surface area (Å²) in [6.07, 6.45) is -4.45. The number of hydrogen-bond acceptors (Lipinski definition) is 5. The van der Waals surface area contributed by atoms with Gasteiger partial charge in [0.15, 0.2) is 6.61 Å². The molecule has 1 aromatic carbocycles. The van der Waals surface area contributed by atoms with Gasteiger partial charge >= 0.3 is 6.18 Å². The van der Waals surface area contributed by atoms with E-state index in [1.165, 1.54) is 12.1 Å². The predicted molar refractivity (Wildman–Crippen MR) is 70.3 cm³/mol. The molecule has 1 aliphatic heterocycles. The van der Waals surface area contributed by atoms with Crippen molar-refractivity contribution in [1.82, 2.24) is 0 Å². The molecule has 1 aliphatic rings. The number of rotatable bonds is 4. The number of anilines is 3. The number of nitrogens with two attached hydrogens (primary N) is 1. The van der Waals surface area contributed by atoms with E-state index in [0.717, 1.165) is 4.90 Å². The summed E-state index contributed by atoms with van der Waals surface area (Å²) >= 11 is 0. The first-order chi connectivity index (χ1) is 9.80. The fraction of sp³-hybridized carbons (Fsp3) is 0.417. The second-order valence-corrected chi connectivity index (χ2v) is 4.50. The fourth-order valence-electron chi connectivity index (χ4n) is 2.03. The molecular formula is C12H14F3N3O3. The molecule has 0 aromatic heterocycles. The number of halogens is 3. The van der Waals surface area contributed by atoms with Crippen molar-refractivity contribution in [2.45, 2.75) is 6.18 Å². The third-order valence-corrected chi connectivity index (χ3v) is 2.84. The van der Waals surface area contributed by atoms with Crippen LogP contribution < -0.4 is 20.7 Å². The molecule has 0 unspecified atom stereocenters. The largest absolute Gasteiger partial charge is 0.482 e. The lowest BCUT2D eigenvalue weighted by Crippen LogP contribution is -2.37. The van der Waals surface area contributed by atoms with Crippen molar-refractivity contribution < 1.29 is 27.8 Å². The lowest BCUT2D eigenvalue weighted by Gasteiger charge is -2.28. The molecule has 1 heterocycles. The van der Waals surface area contributed by atoms with E-state index in [1.807, 2.05) is 0 Å². The molecule has 0 saturated carbocycles. The van der Waals surface area contributed by atoms with E-state index in [9.17, 15) is 18.0 Å². The third-order valence-electron chi connectivity index (χ3n) is 2.84. The van der Waals surface area contributed by atoms with Crippen LogP contribution in [0.1, 0.15) is 0 Å². The second-order valence-electron chi connectivity index (χ2n) is 4.50. The minimum Gasteiger partial charge on any atom is -0.482 e. The standard InChI is InChI=1S/C12H14F3N3O3/c13-12(14,15)6-18(1-2-19)9-4-8-10(3-7(9)16)21-5-11(20)17-8/h3-4,19H,1-2,5-6,16H2,(H,17,20). The number of hydrogen-bond donors (Lipinski definition) is 3. The Morgan fingerprint density at radius 3 is 2.76 bits per heavy atom. The average Bonchev–Trinajstić information content (AvgIpc) is 2.36. The van der Waals surface area contributed by atoms with Crippen molar-refractivity contribution in [2.75, 3.05) is 42.3 Å². The lowest BCUT2D eigenvalue weighted by molar-refractivity contribution is -0.120. The quantitative estimate of drug-likeness (QED) is 0.721. The monoisotopic (exact) mass is 305 g/mol. The van der Waals surface area contributed by atoms with Gasteiger partial charge in [0.25, 0.3) is 5.91 Å². The van der Waals surface area contributed by atoms with Crippen LogP contribution in [0.2, 0.25) is 0 Å². The molecule has 0 saturated heterocycles. The summed E-state index contributed by atoms with van der Waals surface area (Å²) in [6.45, 7) is -2.13. The molecule has 0 atom stereocenters. The van der Waals surface area contributed by atoms with E-state index in [4.69, 9.17) is 15.6 Å². The van der Waals surface area contributed by atoms with Crippen LogP contribution in [0.5, 0.6) is 5.75 Å². The maximum atomic E-state index is 12.6. The Labute approximate surface area is 118 Å². The highest BCUT2D eigenvalue weighted by molar-refractivity contribution is 5.97. The first-order valence-electron chi connectivity index (χ1n) is 6.09. The Bertz CT molecular complexity index is 549. The SMILES string of the molecule is Nc1cc2c(cc1N(CCO)CC(F)(F)F)NC(=O)CO2. The van der Waals surface area contributed by atoms with Gasteiger partial charge in [-0.1, -0.05) is 0 Å². The molecule has 0 fully saturated rings. The number of carbonyl (C=O) groups is 1. The summed E-state index contributed by atoms with van der Waals surface area (Å²) in [4.78, 5) is 12.1. The zero-order valence-electron chi connectivity index (χ0n) is 10.9. The van der Waals surface area contributed by atoms with Crippen LogP contribution in [0, 0.1) is 0 Å². The smallest absolute Gasteiger partial charge is 0.405 e. The number of amides is 1. The Kier molecular flexibility index (Phi) is 4.12. The van der Waals surface area contributed by atoms with Gasteiger partial charge in [-0.3, -0.25) is 4.79 Å². The minimum absolute atomic E-state index is 0.0719. The van der Waals surface area contributed by atoms with Crippen molar-refractivity contribution in [2.24, 2.45) is 0 Å². The zero-order chi connectivity index (χ0) is 15.6. The molecule has 6 nitrogen and oxygen atoms in total. The lowest BCUT2D eigenvalue weighted by atomic mass is 10.2. The molecule has 1 amide bonds. The van der Waals surface area contributed by atoms with Crippen LogP contribution in [0.4, 0.5) is 30.2 Å². The number of carbonyl (C=O) groups excluding carboxylic acids is 1. The molecule has 4 N–H and O–H groups in total. The van der Waals surface area contributed by atoms with Crippen molar-refractivity contribution in [3.05, 3.63) is 12.1 Å². The molecule has 0 radical (unpaired) electrons. The topological polar surface area (TPSA) is 87.8 Å². The van der Waals surface area contributed by atoms with Gasteiger partial charge in [-0.25, -0.2) is 0 Å². The number of nitrogen functional groups attached to an aromatic ring is 1. The van der Waals surface area contributed by atoms with Crippen molar-refractivity contribution in [1.29, 1.82) is 0 Å². The number of benzene rings is 1. The molecule has 0 aliphatic carbocycles. The number of aliphatic hydroxyl groups is 1. The highest BCUT2D eigenvalue weighted by atomic mass is 19.4. The molecule has 116 valence electrons. The van der Waals surface area contributed by atoms with Crippen molar-refractivity contribution >= 4 is 23.0 Å². The third kappa shape index (κ3) is 3.69. The molecular weight excluding hydrogens is 291 g/mol. The number of nitrogens with zero attached hydrogens (tertiary/aromatic N) is 1. The van der Waals surface area contributed by atoms with Gasteiger partial charge in [-0.15, -0.1) is 0 Å². The molecule has 1 aromatic rings. The Morgan fingerprint density at radius 2 is 2.14 bits per heavy atom. The van der Waals surface area contributed by atoms with Gasteiger partial charge in [0.2, 0.25) is 0 Å². The maximum Gasteiger partial charge on any atom is 0.405 e. The zero-order valence-corrected chi connectivity index (χ0v) is 10.9. The predicted octanol–water partition coefficient (Wildman–Crippen LogP) is 0.961. The first kappa shape index (κ1) is 15.2. The summed E-state index contributed by atoms with van der Waals surface area (Å²) in [6, 6.07) is 2.66. The molecule has 21 heavy (non-hydrogen) atoms. The summed E-state index contributed by atoms with van der Waals surface area (Å²) in [7, 11) is 0. The van der Waals surface area contributed by atoms with Gasteiger partial charge in [0, 0.05) is 12.6 Å². The van der Waals surface area contributed by atoms with E-state index in [0.29, 0.717) is 5.75 Å². The van der Waals surface area contributed by atoms with Gasteiger partial charge in [0.05, 0.1) is 23.7 Å². The average molecular weight is 305 g/mol. The molecule has 0 spiro atoms. The van der Waals surface area contributed by atoms with Crippen LogP contribution in [0.3, 0.4) is 0 Å². The minimum atomic E-state index is -4.45. The number of fused-ring (bicyclic) bond motifs is 1. The number of ether oxygens (including phenoxy) is 1. The van der Waals surface area contributed by atoms with Gasteiger partial charge < -0.3 is 25.8 Å². The van der Waals surface area contributed by atoms with Crippen LogP contribution in [0.25, 0.3) is 0 Å². The van der Waals surface area contributed by atoms with E-state index >= 15 is 0 Å². The van der Waals surface area contributed by atoms with Crippen LogP contribution >= 0.6 is 0 Å². The molecule has 2 rings (SSSR count). The van der Waals surface area contributed by atoms with E-state index in [2.05, 4.69) is 5.32 Å². The van der Waals surface area contributed by atoms with Crippen LogP contribution in [-0.2, 0) is 4.79 Å². The van der Waals surface area contributed by atoms with Crippen molar-refractivity contribution in [3.63, 3.8) is 0 Å². The van der Waals surface area contributed by atoms with Gasteiger partial charge in [-0.05, 0) is 6.07 Å². The Balaban J connectivity index is 2.36. The summed E-state index contributed by atoms with van der Waals surface area (Å²) in [5.74, 6) is -0.102. The number of nitrogens with one attached hydrogen (secondary N) is 1. The van der Waals surface area contributed by atoms with Crippen LogP contribution in [-0.4, -0.2) is 43.5 Å². The normalized spacial score (nSPS) is 14.2. The summed E-state index contributed by atoms with van der Waals surface area (Å²) < 4.78 is 42.9. The highest BCUT2D eigenvalue weighted by Gasteiger charge is 2.32. The maximum absolute atomic E-state index is 12.6. The first-order valence-corrected chi connectivity index (χ1v) is 6.09. The van der Waals surface area contributed by atoms with E-state index in [-0.39, 0.29) is 30.2 Å². The van der Waals surface area contributed by atoms with Gasteiger partial charge in [0.1, 0.15) is 12.3 Å². The number of alkyl halides is 3. The second kappa shape index (κ2) is 5.68. The summed E-state index contributed by atoms with van der Waals surface area (Å²) in [5.41, 5.74) is 6.14. The number of aliphatic hydroxyl groups excluding tert-OH is 1. The van der Waals surface area contributed by atoms with E-state index < -0.39 is 25.2 Å². The Morgan fingerprint density at radius 1 is 1.43 bits per heavy atom. The highest BCUT2D eigenvalue weighted by Crippen LogP contribution is 2.37. The van der Waals surface area contributed by atoms with Crippen molar-refractivity contribution in [3.8, 4) is 5.75 Å². The summed E-state index contributed by atoms with van der Waals surface area (Å²) in [5, 5.41) is 11.4. The molecule has 9 heteroatoms. The van der Waals surface area contributed by atoms with Gasteiger partial charge in [-0.2, -0.15) is 13.2 Å². The Hall–Kier alpha value is -2.16. The van der Waals surface area contributed by atoms with Crippen LogP contribution in [0.15, 0.2) is 12.1 Å². The molecule has 0 bridgehead atoms. The van der Waals surface area contributed by atoms with E-state index in [1.54, 1.807) is 0 Å².